The van der Waals surface area contributed by atoms with Crippen molar-refractivity contribution < 1.29 is 4.79 Å². The third kappa shape index (κ3) is 2.07. The minimum absolute atomic E-state index is 0.0161. The van der Waals surface area contributed by atoms with Crippen molar-refractivity contribution >= 4 is 5.91 Å². The normalized spacial score (nSPS) is 42.9. The van der Waals surface area contributed by atoms with Crippen LogP contribution in [0, 0.1) is 23.2 Å². The van der Waals surface area contributed by atoms with Crippen LogP contribution in [0.2, 0.25) is 0 Å². The summed E-state index contributed by atoms with van der Waals surface area (Å²) in [4.78, 5) is 12.6. The maximum absolute atomic E-state index is 12.6. The maximum atomic E-state index is 12.6. The Bertz CT molecular complexity index is 304. The van der Waals surface area contributed by atoms with E-state index in [9.17, 15) is 4.79 Å². The van der Waals surface area contributed by atoms with Gasteiger partial charge >= 0.3 is 0 Å². The summed E-state index contributed by atoms with van der Waals surface area (Å²) >= 11 is 0. The second-order valence-electron chi connectivity index (χ2n) is 7.10. The molecule has 0 radical (unpaired) electrons. The molecule has 1 unspecified atom stereocenters. The summed E-state index contributed by atoms with van der Waals surface area (Å²) in [6.07, 6.45) is 7.70. The lowest BCUT2D eigenvalue weighted by molar-refractivity contribution is -0.146. The number of carbonyl (C=O) groups excluding carboxylic acids is 1. The fourth-order valence-electron chi connectivity index (χ4n) is 4.92. The van der Waals surface area contributed by atoms with Crippen molar-refractivity contribution in [2.45, 2.75) is 51.5 Å². The molecule has 18 heavy (non-hydrogen) atoms. The number of nitrogens with one attached hydrogen (secondary N) is 2. The van der Waals surface area contributed by atoms with Crippen LogP contribution in [-0.2, 0) is 4.79 Å². The van der Waals surface area contributed by atoms with Gasteiger partial charge < -0.3 is 10.6 Å². The number of likely N-dealkylation sites (N-methyl/N-ethyl adjacent to an activating group) is 1. The Morgan fingerprint density at radius 3 is 2.11 bits per heavy atom. The Hall–Kier alpha value is -0.570. The first-order valence-electron chi connectivity index (χ1n) is 7.57. The Morgan fingerprint density at radius 1 is 1.17 bits per heavy atom. The highest BCUT2D eigenvalue weighted by Crippen LogP contribution is 2.60. The third-order valence-electron chi connectivity index (χ3n) is 5.58. The van der Waals surface area contributed by atoms with E-state index in [4.69, 9.17) is 0 Å². The molecule has 3 nitrogen and oxygen atoms in total. The SMILES string of the molecule is CNC(C)CNC(=O)C12CC3CC(CC(C3)C1)C2. The van der Waals surface area contributed by atoms with Crippen molar-refractivity contribution in [3.05, 3.63) is 0 Å². The summed E-state index contributed by atoms with van der Waals surface area (Å²) in [6, 6.07) is 0.364. The minimum Gasteiger partial charge on any atom is -0.354 e. The third-order valence-corrected chi connectivity index (χ3v) is 5.58. The van der Waals surface area contributed by atoms with E-state index in [0.717, 1.165) is 24.3 Å². The van der Waals surface area contributed by atoms with Crippen LogP contribution in [0.25, 0.3) is 0 Å². The standard InChI is InChI=1S/C15H26N2O/c1-10(16-2)9-17-14(18)15-6-11-3-12(7-15)5-13(4-11)8-15/h10-13,16H,3-9H2,1-2H3,(H,17,18). The van der Waals surface area contributed by atoms with Crippen molar-refractivity contribution in [2.75, 3.05) is 13.6 Å². The van der Waals surface area contributed by atoms with Crippen LogP contribution in [0.4, 0.5) is 0 Å². The van der Waals surface area contributed by atoms with Gasteiger partial charge in [0.1, 0.15) is 0 Å². The van der Waals surface area contributed by atoms with E-state index in [1.54, 1.807) is 0 Å². The van der Waals surface area contributed by atoms with Gasteiger partial charge in [-0.2, -0.15) is 0 Å². The van der Waals surface area contributed by atoms with E-state index >= 15 is 0 Å². The van der Waals surface area contributed by atoms with Crippen molar-refractivity contribution in [3.8, 4) is 0 Å². The Morgan fingerprint density at radius 2 is 1.67 bits per heavy atom. The van der Waals surface area contributed by atoms with E-state index in [1.165, 1.54) is 38.5 Å². The quantitative estimate of drug-likeness (QED) is 0.800. The topological polar surface area (TPSA) is 41.1 Å². The van der Waals surface area contributed by atoms with Gasteiger partial charge in [-0.15, -0.1) is 0 Å². The lowest BCUT2D eigenvalue weighted by Crippen LogP contribution is -2.54. The first-order valence-corrected chi connectivity index (χ1v) is 7.57. The summed E-state index contributed by atoms with van der Waals surface area (Å²) < 4.78 is 0. The molecule has 0 aromatic carbocycles. The minimum atomic E-state index is 0.0161. The molecule has 1 amide bonds. The van der Waals surface area contributed by atoms with Gasteiger partial charge in [-0.05, 0) is 70.3 Å². The molecule has 4 saturated carbocycles. The number of hydrogen-bond acceptors (Lipinski definition) is 2. The first kappa shape index (κ1) is 12.5. The summed E-state index contributed by atoms with van der Waals surface area (Å²) in [5, 5.41) is 6.37. The summed E-state index contributed by atoms with van der Waals surface area (Å²) in [6.45, 7) is 2.87. The largest absolute Gasteiger partial charge is 0.354 e. The highest BCUT2D eigenvalue weighted by molar-refractivity contribution is 5.83. The summed E-state index contributed by atoms with van der Waals surface area (Å²) in [7, 11) is 1.95. The van der Waals surface area contributed by atoms with Gasteiger partial charge in [-0.25, -0.2) is 0 Å². The Balaban J connectivity index is 1.66. The van der Waals surface area contributed by atoms with Gasteiger partial charge in [-0.3, -0.25) is 4.79 Å². The van der Waals surface area contributed by atoms with Crippen molar-refractivity contribution in [3.63, 3.8) is 0 Å². The van der Waals surface area contributed by atoms with Crippen molar-refractivity contribution in [1.82, 2.24) is 10.6 Å². The molecular formula is C15H26N2O. The zero-order chi connectivity index (χ0) is 12.8. The van der Waals surface area contributed by atoms with Crippen LogP contribution in [0.15, 0.2) is 0 Å². The van der Waals surface area contributed by atoms with Gasteiger partial charge in [0, 0.05) is 18.0 Å². The molecule has 4 rings (SSSR count). The monoisotopic (exact) mass is 250 g/mol. The van der Waals surface area contributed by atoms with Crippen LogP contribution in [-0.4, -0.2) is 25.5 Å². The molecule has 4 aliphatic carbocycles. The zero-order valence-electron chi connectivity index (χ0n) is 11.7. The summed E-state index contributed by atoms with van der Waals surface area (Å²) in [5.74, 6) is 2.90. The summed E-state index contributed by atoms with van der Waals surface area (Å²) in [5.41, 5.74) is 0.0161. The predicted octanol–water partition coefficient (Wildman–Crippen LogP) is 1.93. The van der Waals surface area contributed by atoms with Gasteiger partial charge in [0.2, 0.25) is 5.91 Å². The number of carbonyl (C=O) groups is 1. The van der Waals surface area contributed by atoms with E-state index in [-0.39, 0.29) is 5.41 Å². The number of amides is 1. The van der Waals surface area contributed by atoms with Crippen LogP contribution >= 0.6 is 0 Å². The smallest absolute Gasteiger partial charge is 0.226 e. The average molecular weight is 250 g/mol. The van der Waals surface area contributed by atoms with E-state index in [1.807, 2.05) is 7.05 Å². The Kier molecular flexibility index (Phi) is 3.13. The highest BCUT2D eigenvalue weighted by Gasteiger charge is 2.54. The highest BCUT2D eigenvalue weighted by atomic mass is 16.2. The van der Waals surface area contributed by atoms with Crippen molar-refractivity contribution in [1.29, 1.82) is 0 Å². The molecule has 0 saturated heterocycles. The van der Waals surface area contributed by atoms with Crippen LogP contribution < -0.4 is 10.6 Å². The van der Waals surface area contributed by atoms with E-state index in [0.29, 0.717) is 11.9 Å². The molecule has 0 aromatic heterocycles. The molecule has 1 atom stereocenters. The Labute approximate surface area is 110 Å². The molecular weight excluding hydrogens is 224 g/mol. The number of rotatable bonds is 4. The molecule has 3 heteroatoms. The first-order chi connectivity index (χ1) is 8.61. The van der Waals surface area contributed by atoms with Gasteiger partial charge in [-0.1, -0.05) is 0 Å². The van der Waals surface area contributed by atoms with Gasteiger partial charge in [0.05, 0.1) is 0 Å². The van der Waals surface area contributed by atoms with Crippen molar-refractivity contribution in [2.24, 2.45) is 23.2 Å². The van der Waals surface area contributed by atoms with Gasteiger partial charge in [0.25, 0.3) is 0 Å². The predicted molar refractivity (Wildman–Crippen MR) is 72.1 cm³/mol. The molecule has 0 heterocycles. The zero-order valence-corrected chi connectivity index (χ0v) is 11.7. The lowest BCUT2D eigenvalue weighted by atomic mass is 9.49. The molecule has 2 N–H and O–H groups in total. The van der Waals surface area contributed by atoms with Gasteiger partial charge in [0.15, 0.2) is 0 Å². The fourth-order valence-corrected chi connectivity index (χ4v) is 4.92. The number of hydrogen-bond donors (Lipinski definition) is 2. The fraction of sp³-hybridized carbons (Fsp3) is 0.933. The molecule has 0 aromatic rings. The second kappa shape index (κ2) is 4.52. The maximum Gasteiger partial charge on any atom is 0.226 e. The molecule has 0 aliphatic heterocycles. The second-order valence-corrected chi connectivity index (χ2v) is 7.10. The van der Waals surface area contributed by atoms with Crippen LogP contribution in [0.5, 0.6) is 0 Å². The molecule has 102 valence electrons. The van der Waals surface area contributed by atoms with E-state index < -0.39 is 0 Å². The van der Waals surface area contributed by atoms with E-state index in [2.05, 4.69) is 17.6 Å². The molecule has 4 aliphatic rings. The average Bonchev–Trinajstić information content (AvgIpc) is 2.33. The van der Waals surface area contributed by atoms with Crippen LogP contribution in [0.1, 0.15) is 45.4 Å². The molecule has 0 spiro atoms. The lowest BCUT2D eigenvalue weighted by Gasteiger charge is -2.55. The molecule has 4 fully saturated rings. The van der Waals surface area contributed by atoms with Crippen LogP contribution in [0.3, 0.4) is 0 Å². The molecule has 4 bridgehead atoms.